The molecule has 0 saturated carbocycles. The Morgan fingerprint density at radius 1 is 0.879 bits per heavy atom. The smallest absolute Gasteiger partial charge is 0.118 e. The van der Waals surface area contributed by atoms with Crippen LogP contribution in [-0.4, -0.2) is 36.8 Å². The first-order valence-electron chi connectivity index (χ1n) is 12.1. The van der Waals surface area contributed by atoms with Gasteiger partial charge in [-0.2, -0.15) is 0 Å². The summed E-state index contributed by atoms with van der Waals surface area (Å²) in [5.74, 6) is 0.895. The summed E-state index contributed by atoms with van der Waals surface area (Å²) in [5.41, 5.74) is 3.72. The highest BCUT2D eigenvalue weighted by molar-refractivity contribution is 5.42. The fourth-order valence-electron chi connectivity index (χ4n) is 5.36. The van der Waals surface area contributed by atoms with Crippen molar-refractivity contribution in [1.82, 2.24) is 4.90 Å². The SMILES string of the molecule is CCCOC(C)(C)C1CC(c2ccccc2)(c2ccccc2)CN1Cc1ccc(OC)cc1. The second-order valence-corrected chi connectivity index (χ2v) is 9.74. The van der Waals surface area contributed by atoms with E-state index in [1.165, 1.54) is 16.7 Å². The molecule has 0 amide bonds. The second-order valence-electron chi connectivity index (χ2n) is 9.74. The van der Waals surface area contributed by atoms with Gasteiger partial charge in [0.1, 0.15) is 5.75 Å². The number of hydrogen-bond acceptors (Lipinski definition) is 3. The fourth-order valence-corrected chi connectivity index (χ4v) is 5.36. The number of rotatable bonds is 9. The van der Waals surface area contributed by atoms with Crippen molar-refractivity contribution in [2.45, 2.75) is 57.2 Å². The van der Waals surface area contributed by atoms with Crippen molar-refractivity contribution in [1.29, 1.82) is 0 Å². The zero-order chi connectivity index (χ0) is 23.3. The standard InChI is InChI=1S/C30H37NO2/c1-5-20-33-29(2,3)28-21-30(25-12-8-6-9-13-25,26-14-10-7-11-15-26)23-31(28)22-24-16-18-27(32-4)19-17-24/h6-19,28H,5,20-23H2,1-4H3. The lowest BCUT2D eigenvalue weighted by Crippen LogP contribution is -2.47. The van der Waals surface area contributed by atoms with Crippen LogP contribution in [0, 0.1) is 0 Å². The van der Waals surface area contributed by atoms with Gasteiger partial charge in [0.25, 0.3) is 0 Å². The second kappa shape index (κ2) is 10.1. The van der Waals surface area contributed by atoms with Crippen LogP contribution in [0.15, 0.2) is 84.9 Å². The quantitative estimate of drug-likeness (QED) is 0.379. The summed E-state index contributed by atoms with van der Waals surface area (Å²) in [5, 5.41) is 0. The van der Waals surface area contributed by atoms with Gasteiger partial charge in [-0.05, 0) is 55.5 Å². The Morgan fingerprint density at radius 3 is 1.97 bits per heavy atom. The summed E-state index contributed by atoms with van der Waals surface area (Å²) in [4.78, 5) is 2.64. The minimum atomic E-state index is -0.256. The molecule has 0 spiro atoms. The maximum absolute atomic E-state index is 6.47. The van der Waals surface area contributed by atoms with Crippen molar-refractivity contribution in [3.05, 3.63) is 102 Å². The van der Waals surface area contributed by atoms with Crippen molar-refractivity contribution in [3.63, 3.8) is 0 Å². The Balaban J connectivity index is 1.75. The van der Waals surface area contributed by atoms with Gasteiger partial charge in [-0.1, -0.05) is 79.7 Å². The average molecular weight is 444 g/mol. The van der Waals surface area contributed by atoms with E-state index in [1.54, 1.807) is 7.11 Å². The van der Waals surface area contributed by atoms with E-state index in [-0.39, 0.29) is 17.1 Å². The summed E-state index contributed by atoms with van der Waals surface area (Å²) < 4.78 is 11.8. The van der Waals surface area contributed by atoms with Gasteiger partial charge in [0.05, 0.1) is 12.7 Å². The molecule has 1 aliphatic heterocycles. The highest BCUT2D eigenvalue weighted by Gasteiger charge is 2.51. The van der Waals surface area contributed by atoms with Gasteiger partial charge < -0.3 is 9.47 Å². The molecule has 1 saturated heterocycles. The molecule has 33 heavy (non-hydrogen) atoms. The van der Waals surface area contributed by atoms with E-state index < -0.39 is 0 Å². The summed E-state index contributed by atoms with van der Waals surface area (Å²) in [7, 11) is 1.72. The predicted molar refractivity (Wildman–Crippen MR) is 136 cm³/mol. The molecule has 174 valence electrons. The molecular formula is C30H37NO2. The first kappa shape index (κ1) is 23.5. The van der Waals surface area contributed by atoms with Crippen molar-refractivity contribution in [2.75, 3.05) is 20.3 Å². The van der Waals surface area contributed by atoms with Crippen molar-refractivity contribution in [2.24, 2.45) is 0 Å². The summed E-state index contributed by atoms with van der Waals surface area (Å²) in [6.45, 7) is 9.33. The average Bonchev–Trinajstić information content (AvgIpc) is 3.26. The number of methoxy groups -OCH3 is 1. The molecule has 0 N–H and O–H groups in total. The molecule has 1 heterocycles. The third-order valence-corrected chi connectivity index (χ3v) is 7.13. The van der Waals surface area contributed by atoms with Gasteiger partial charge in [-0.15, -0.1) is 0 Å². The molecule has 1 aliphatic rings. The summed E-state index contributed by atoms with van der Waals surface area (Å²) in [6.07, 6.45) is 2.05. The lowest BCUT2D eigenvalue weighted by atomic mass is 9.71. The van der Waals surface area contributed by atoms with E-state index in [9.17, 15) is 0 Å². The van der Waals surface area contributed by atoms with Gasteiger partial charge in [0, 0.05) is 31.2 Å². The van der Waals surface area contributed by atoms with E-state index in [4.69, 9.17) is 9.47 Å². The van der Waals surface area contributed by atoms with Crippen LogP contribution in [0.25, 0.3) is 0 Å². The Morgan fingerprint density at radius 2 is 1.45 bits per heavy atom. The highest BCUT2D eigenvalue weighted by Crippen LogP contribution is 2.47. The lowest BCUT2D eigenvalue weighted by molar-refractivity contribution is -0.0701. The van der Waals surface area contributed by atoms with Crippen LogP contribution in [0.3, 0.4) is 0 Å². The fraction of sp³-hybridized carbons (Fsp3) is 0.400. The van der Waals surface area contributed by atoms with Gasteiger partial charge in [0.15, 0.2) is 0 Å². The molecule has 1 fully saturated rings. The van der Waals surface area contributed by atoms with E-state index >= 15 is 0 Å². The van der Waals surface area contributed by atoms with E-state index in [2.05, 4.69) is 111 Å². The minimum Gasteiger partial charge on any atom is -0.497 e. The number of nitrogens with zero attached hydrogens (tertiary/aromatic N) is 1. The van der Waals surface area contributed by atoms with Crippen molar-refractivity contribution >= 4 is 0 Å². The number of ether oxygens (including phenoxy) is 2. The molecule has 0 aromatic heterocycles. The van der Waals surface area contributed by atoms with Crippen molar-refractivity contribution < 1.29 is 9.47 Å². The van der Waals surface area contributed by atoms with Gasteiger partial charge >= 0.3 is 0 Å². The molecule has 0 bridgehead atoms. The molecular weight excluding hydrogens is 406 g/mol. The zero-order valence-corrected chi connectivity index (χ0v) is 20.5. The summed E-state index contributed by atoms with van der Waals surface area (Å²) in [6, 6.07) is 30.8. The first-order chi connectivity index (χ1) is 16.0. The van der Waals surface area contributed by atoms with Crippen LogP contribution in [0.2, 0.25) is 0 Å². The van der Waals surface area contributed by atoms with Gasteiger partial charge in [-0.3, -0.25) is 4.90 Å². The Bertz CT molecular complexity index is 959. The lowest BCUT2D eigenvalue weighted by Gasteiger charge is -2.38. The summed E-state index contributed by atoms with van der Waals surface area (Å²) >= 11 is 0. The molecule has 1 atom stereocenters. The minimum absolute atomic E-state index is 0.0769. The third-order valence-electron chi connectivity index (χ3n) is 7.13. The maximum atomic E-state index is 6.47. The number of likely N-dealkylation sites (tertiary alicyclic amines) is 1. The van der Waals surface area contributed by atoms with E-state index in [0.717, 1.165) is 38.3 Å². The van der Waals surface area contributed by atoms with Crippen molar-refractivity contribution in [3.8, 4) is 5.75 Å². The molecule has 0 radical (unpaired) electrons. The molecule has 3 aromatic carbocycles. The van der Waals surface area contributed by atoms with Crippen LogP contribution in [0.5, 0.6) is 5.75 Å². The van der Waals surface area contributed by atoms with Crippen LogP contribution < -0.4 is 4.74 Å². The largest absolute Gasteiger partial charge is 0.497 e. The molecule has 4 rings (SSSR count). The van der Waals surface area contributed by atoms with Crippen LogP contribution in [-0.2, 0) is 16.7 Å². The molecule has 3 nitrogen and oxygen atoms in total. The molecule has 0 aliphatic carbocycles. The maximum Gasteiger partial charge on any atom is 0.118 e. The monoisotopic (exact) mass is 443 g/mol. The highest BCUT2D eigenvalue weighted by atomic mass is 16.5. The van der Waals surface area contributed by atoms with Crippen LogP contribution in [0.4, 0.5) is 0 Å². The predicted octanol–water partition coefficient (Wildman–Crippen LogP) is 6.46. The number of hydrogen-bond donors (Lipinski definition) is 0. The van der Waals surface area contributed by atoms with Crippen LogP contribution >= 0.6 is 0 Å². The van der Waals surface area contributed by atoms with Crippen LogP contribution in [0.1, 0.15) is 50.3 Å². The first-order valence-corrected chi connectivity index (χ1v) is 12.1. The Labute approximate surface area is 199 Å². The molecule has 3 heteroatoms. The number of benzene rings is 3. The van der Waals surface area contributed by atoms with E-state index in [1.807, 2.05) is 0 Å². The molecule has 3 aromatic rings. The normalized spacial score (nSPS) is 18.4. The Hall–Kier alpha value is -2.62. The van der Waals surface area contributed by atoms with E-state index in [0.29, 0.717) is 0 Å². The Kier molecular flexibility index (Phi) is 7.21. The zero-order valence-electron chi connectivity index (χ0n) is 20.5. The van der Waals surface area contributed by atoms with Gasteiger partial charge in [-0.25, -0.2) is 0 Å². The van der Waals surface area contributed by atoms with Gasteiger partial charge in [0.2, 0.25) is 0 Å². The topological polar surface area (TPSA) is 21.7 Å². The third kappa shape index (κ3) is 5.00. The molecule has 1 unspecified atom stereocenters.